The molecule has 10 heteroatoms. The van der Waals surface area contributed by atoms with Gasteiger partial charge in [-0.2, -0.15) is 0 Å². The number of ether oxygens (including phenoxy) is 1. The van der Waals surface area contributed by atoms with Crippen molar-refractivity contribution in [3.63, 3.8) is 0 Å². The van der Waals surface area contributed by atoms with E-state index in [1.54, 1.807) is 79.7 Å². The molecule has 0 radical (unpaired) electrons. The number of carbonyl (C=O) groups is 4. The van der Waals surface area contributed by atoms with E-state index < -0.39 is 17.8 Å². The summed E-state index contributed by atoms with van der Waals surface area (Å²) in [4.78, 5) is 50.8. The van der Waals surface area contributed by atoms with Gasteiger partial charge in [0.1, 0.15) is 10.7 Å². The Labute approximate surface area is 216 Å². The highest BCUT2D eigenvalue weighted by atomic mass is 35.5. The van der Waals surface area contributed by atoms with Gasteiger partial charge in [-0.05, 0) is 67.6 Å². The van der Waals surface area contributed by atoms with Gasteiger partial charge < -0.3 is 15.4 Å². The minimum absolute atomic E-state index is 0.0968. The zero-order valence-corrected chi connectivity index (χ0v) is 20.4. The summed E-state index contributed by atoms with van der Waals surface area (Å²) in [6, 6.07) is 19.0. The van der Waals surface area contributed by atoms with Crippen LogP contribution in [0.1, 0.15) is 27.6 Å². The molecule has 0 spiro atoms. The van der Waals surface area contributed by atoms with Crippen molar-refractivity contribution in [3.8, 4) is 0 Å². The van der Waals surface area contributed by atoms with Crippen molar-refractivity contribution in [2.24, 2.45) is 0 Å². The van der Waals surface area contributed by atoms with Crippen LogP contribution in [0.3, 0.4) is 0 Å². The van der Waals surface area contributed by atoms with Crippen LogP contribution in [0, 0.1) is 0 Å². The molecule has 3 amide bonds. The molecule has 3 aromatic rings. The Morgan fingerprint density at radius 1 is 0.833 bits per heavy atom. The minimum atomic E-state index is -0.692. The lowest BCUT2D eigenvalue weighted by atomic mass is 10.1. The molecule has 0 bridgehead atoms. The number of hydrogen-bond donors (Lipinski definition) is 2. The average Bonchev–Trinajstić information content (AvgIpc) is 3.08. The van der Waals surface area contributed by atoms with Gasteiger partial charge in [0.05, 0.1) is 22.9 Å². The summed E-state index contributed by atoms with van der Waals surface area (Å²) in [5, 5.41) is 5.55. The third-order valence-corrected chi connectivity index (χ3v) is 5.86. The van der Waals surface area contributed by atoms with Crippen LogP contribution in [-0.2, 0) is 14.3 Å². The van der Waals surface area contributed by atoms with Crippen LogP contribution in [0.5, 0.6) is 0 Å². The summed E-state index contributed by atoms with van der Waals surface area (Å²) in [5.74, 6) is -2.15. The molecule has 0 unspecified atom stereocenters. The topological polar surface area (TPSA) is 105 Å². The summed E-state index contributed by atoms with van der Waals surface area (Å²) >= 11 is 12.3. The molecule has 0 atom stereocenters. The number of nitrogens with one attached hydrogen (secondary N) is 2. The number of benzene rings is 3. The second-order valence-electron chi connectivity index (χ2n) is 7.54. The standard InChI is InChI=1S/C26H19Cl2N3O5/c1-2-36-26(35)16-9-13-18(14-10-16)30-23(32)15-7-11-17(12-8-15)29-22-21(28)24(33)31(25(22)34)20-6-4-3-5-19(20)27/h3-14,29H,2H2,1H3,(H,30,32). The summed E-state index contributed by atoms with van der Waals surface area (Å²) in [6.45, 7) is 2.00. The number of amides is 3. The van der Waals surface area contributed by atoms with Gasteiger partial charge in [-0.3, -0.25) is 14.4 Å². The Kier molecular flexibility index (Phi) is 7.38. The first-order valence-electron chi connectivity index (χ1n) is 10.8. The van der Waals surface area contributed by atoms with E-state index in [4.69, 9.17) is 27.9 Å². The maximum absolute atomic E-state index is 12.9. The first-order chi connectivity index (χ1) is 17.3. The lowest BCUT2D eigenvalue weighted by Gasteiger charge is -2.16. The Bertz CT molecular complexity index is 1390. The van der Waals surface area contributed by atoms with E-state index in [2.05, 4.69) is 10.6 Å². The lowest BCUT2D eigenvalue weighted by Crippen LogP contribution is -2.32. The monoisotopic (exact) mass is 523 g/mol. The van der Waals surface area contributed by atoms with Gasteiger partial charge in [0, 0.05) is 16.9 Å². The zero-order valence-electron chi connectivity index (χ0n) is 18.9. The molecule has 0 saturated heterocycles. The van der Waals surface area contributed by atoms with Crippen molar-refractivity contribution in [2.45, 2.75) is 6.92 Å². The molecule has 0 saturated carbocycles. The number of anilines is 3. The molecule has 8 nitrogen and oxygen atoms in total. The van der Waals surface area contributed by atoms with Gasteiger partial charge >= 0.3 is 5.97 Å². The van der Waals surface area contributed by atoms with Crippen molar-refractivity contribution in [2.75, 3.05) is 22.1 Å². The molecular formula is C26H19Cl2N3O5. The predicted octanol–water partition coefficient (Wildman–Crippen LogP) is 5.20. The second kappa shape index (κ2) is 10.6. The molecule has 182 valence electrons. The molecule has 36 heavy (non-hydrogen) atoms. The first kappa shape index (κ1) is 25.0. The van der Waals surface area contributed by atoms with E-state index in [0.717, 1.165) is 4.90 Å². The van der Waals surface area contributed by atoms with Gasteiger partial charge in [0.2, 0.25) is 0 Å². The SMILES string of the molecule is CCOC(=O)c1ccc(NC(=O)c2ccc(NC3=C(Cl)C(=O)N(c4ccccc4Cl)C3=O)cc2)cc1. The smallest absolute Gasteiger partial charge is 0.338 e. The number of rotatable bonds is 7. The van der Waals surface area contributed by atoms with Crippen LogP contribution in [0.4, 0.5) is 17.1 Å². The fourth-order valence-corrected chi connectivity index (χ4v) is 3.85. The molecule has 1 aliphatic rings. The van der Waals surface area contributed by atoms with Gasteiger partial charge in [-0.25, -0.2) is 9.69 Å². The number of para-hydroxylation sites is 1. The van der Waals surface area contributed by atoms with Gasteiger partial charge in [0.25, 0.3) is 17.7 Å². The van der Waals surface area contributed by atoms with Crippen LogP contribution < -0.4 is 15.5 Å². The largest absolute Gasteiger partial charge is 0.462 e. The van der Waals surface area contributed by atoms with Crippen molar-refractivity contribution in [3.05, 3.63) is 99.7 Å². The Morgan fingerprint density at radius 3 is 2.08 bits per heavy atom. The van der Waals surface area contributed by atoms with Crippen LogP contribution in [0.2, 0.25) is 5.02 Å². The summed E-state index contributed by atoms with van der Waals surface area (Å²) in [5.41, 5.74) is 1.81. The average molecular weight is 524 g/mol. The van der Waals surface area contributed by atoms with Crippen LogP contribution >= 0.6 is 23.2 Å². The maximum atomic E-state index is 12.9. The van der Waals surface area contributed by atoms with E-state index in [9.17, 15) is 19.2 Å². The summed E-state index contributed by atoms with van der Waals surface area (Å²) in [6.07, 6.45) is 0. The number of hydrogen-bond acceptors (Lipinski definition) is 6. The highest BCUT2D eigenvalue weighted by molar-refractivity contribution is 6.53. The third-order valence-electron chi connectivity index (χ3n) is 5.19. The van der Waals surface area contributed by atoms with Crippen molar-refractivity contribution < 1.29 is 23.9 Å². The lowest BCUT2D eigenvalue weighted by molar-refractivity contribution is -0.120. The Hall–Kier alpha value is -4.14. The molecule has 4 rings (SSSR count). The number of nitrogens with zero attached hydrogens (tertiary/aromatic N) is 1. The zero-order chi connectivity index (χ0) is 25.8. The highest BCUT2D eigenvalue weighted by Gasteiger charge is 2.39. The van der Waals surface area contributed by atoms with Gasteiger partial charge in [0.15, 0.2) is 0 Å². The Morgan fingerprint density at radius 2 is 1.44 bits per heavy atom. The number of imide groups is 1. The first-order valence-corrected chi connectivity index (χ1v) is 11.5. The number of halogens is 2. The summed E-state index contributed by atoms with van der Waals surface area (Å²) in [7, 11) is 0. The fraction of sp³-hybridized carbons (Fsp3) is 0.0769. The molecule has 2 N–H and O–H groups in total. The summed E-state index contributed by atoms with van der Waals surface area (Å²) < 4.78 is 4.94. The third kappa shape index (κ3) is 5.10. The van der Waals surface area contributed by atoms with Gasteiger partial charge in [-0.1, -0.05) is 35.3 Å². The van der Waals surface area contributed by atoms with E-state index >= 15 is 0 Å². The molecule has 0 fully saturated rings. The second-order valence-corrected chi connectivity index (χ2v) is 8.33. The molecule has 1 aliphatic heterocycles. The van der Waals surface area contributed by atoms with Crippen LogP contribution in [-0.4, -0.2) is 30.3 Å². The molecule has 3 aromatic carbocycles. The molecule has 0 aliphatic carbocycles. The maximum Gasteiger partial charge on any atom is 0.338 e. The van der Waals surface area contributed by atoms with Crippen molar-refractivity contribution >= 4 is 64.0 Å². The van der Waals surface area contributed by atoms with Crippen molar-refractivity contribution in [1.82, 2.24) is 0 Å². The molecular weight excluding hydrogens is 505 g/mol. The fourth-order valence-electron chi connectivity index (χ4n) is 3.42. The van der Waals surface area contributed by atoms with Crippen LogP contribution in [0.15, 0.2) is 83.5 Å². The molecule has 0 aromatic heterocycles. The highest BCUT2D eigenvalue weighted by Crippen LogP contribution is 2.34. The van der Waals surface area contributed by atoms with Crippen molar-refractivity contribution in [1.29, 1.82) is 0 Å². The quantitative estimate of drug-likeness (QED) is 0.325. The Balaban J connectivity index is 1.43. The van der Waals surface area contributed by atoms with Crippen LogP contribution in [0.25, 0.3) is 0 Å². The normalized spacial score (nSPS) is 13.1. The van der Waals surface area contributed by atoms with Gasteiger partial charge in [-0.15, -0.1) is 0 Å². The van der Waals surface area contributed by atoms with E-state index in [0.29, 0.717) is 22.5 Å². The van der Waals surface area contributed by atoms with E-state index in [-0.39, 0.29) is 34.0 Å². The number of esters is 1. The minimum Gasteiger partial charge on any atom is -0.462 e. The predicted molar refractivity (Wildman–Crippen MR) is 137 cm³/mol. The molecule has 1 heterocycles. The number of carbonyl (C=O) groups excluding carboxylic acids is 4. The van der Waals surface area contributed by atoms with E-state index in [1.807, 2.05) is 0 Å². The van der Waals surface area contributed by atoms with E-state index in [1.165, 1.54) is 0 Å².